The van der Waals surface area contributed by atoms with Gasteiger partial charge in [0.15, 0.2) is 0 Å². The van der Waals surface area contributed by atoms with Crippen molar-refractivity contribution in [2.45, 2.75) is 6.54 Å². The number of nitrogens with one attached hydrogen (secondary N) is 2. The van der Waals surface area contributed by atoms with E-state index in [1.54, 1.807) is 25.4 Å². The van der Waals surface area contributed by atoms with E-state index in [2.05, 4.69) is 15.3 Å². The number of halogens is 2. The second kappa shape index (κ2) is 6.91. The van der Waals surface area contributed by atoms with Gasteiger partial charge in [0.25, 0.3) is 0 Å². The molecule has 1 aromatic heterocycles. The Kier molecular flexibility index (Phi) is 5.22. The molecule has 0 unspecified atom stereocenters. The molecule has 0 aliphatic carbocycles. The van der Waals surface area contributed by atoms with Gasteiger partial charge in [-0.3, -0.25) is 0 Å². The molecular formula is C13H15Cl2N3O. The zero-order valence-corrected chi connectivity index (χ0v) is 12.1. The summed E-state index contributed by atoms with van der Waals surface area (Å²) < 4.78 is 4.96. The number of aromatic amines is 1. The summed E-state index contributed by atoms with van der Waals surface area (Å²) in [5.41, 5.74) is 1.71. The van der Waals surface area contributed by atoms with Crippen LogP contribution in [0.5, 0.6) is 0 Å². The third-order valence-corrected chi connectivity index (χ3v) is 3.19. The third kappa shape index (κ3) is 3.94. The third-order valence-electron chi connectivity index (χ3n) is 2.62. The zero-order valence-electron chi connectivity index (χ0n) is 10.5. The number of benzene rings is 1. The molecule has 0 amide bonds. The highest BCUT2D eigenvalue weighted by Gasteiger charge is 2.07. The molecule has 1 heterocycles. The van der Waals surface area contributed by atoms with Crippen molar-refractivity contribution in [2.24, 2.45) is 0 Å². The van der Waals surface area contributed by atoms with Gasteiger partial charge in [0.2, 0.25) is 0 Å². The normalized spacial score (nSPS) is 10.9. The van der Waals surface area contributed by atoms with Crippen molar-refractivity contribution >= 4 is 23.2 Å². The molecule has 0 bridgehead atoms. The lowest BCUT2D eigenvalue weighted by molar-refractivity contribution is 0.199. The van der Waals surface area contributed by atoms with Gasteiger partial charge in [-0.15, -0.1) is 0 Å². The molecule has 19 heavy (non-hydrogen) atoms. The molecule has 0 aliphatic rings. The van der Waals surface area contributed by atoms with Crippen LogP contribution in [-0.4, -0.2) is 30.2 Å². The van der Waals surface area contributed by atoms with Crippen LogP contribution in [0.15, 0.2) is 24.4 Å². The standard InChI is InChI=1S/C13H15Cl2N3O/c1-19-5-4-16-8-13-17-7-12(18-13)10-6-9(14)2-3-11(10)15/h2-3,6-7,16H,4-5,8H2,1H3,(H,17,18). The number of H-pyrrole nitrogens is 1. The lowest BCUT2D eigenvalue weighted by atomic mass is 10.2. The smallest absolute Gasteiger partial charge is 0.120 e. The first-order valence-electron chi connectivity index (χ1n) is 5.89. The van der Waals surface area contributed by atoms with E-state index >= 15 is 0 Å². The van der Waals surface area contributed by atoms with Gasteiger partial charge in [0.05, 0.1) is 30.1 Å². The van der Waals surface area contributed by atoms with Gasteiger partial charge in [0.1, 0.15) is 5.82 Å². The molecule has 0 atom stereocenters. The number of ether oxygens (including phenoxy) is 1. The largest absolute Gasteiger partial charge is 0.383 e. The van der Waals surface area contributed by atoms with Crippen molar-refractivity contribution in [3.05, 3.63) is 40.3 Å². The molecule has 4 nitrogen and oxygen atoms in total. The molecule has 0 radical (unpaired) electrons. The fraction of sp³-hybridized carbons (Fsp3) is 0.308. The van der Waals surface area contributed by atoms with E-state index in [0.29, 0.717) is 23.2 Å². The number of nitrogens with zero attached hydrogens (tertiary/aromatic N) is 1. The molecule has 0 aliphatic heterocycles. The quantitative estimate of drug-likeness (QED) is 0.806. The molecule has 0 fully saturated rings. The van der Waals surface area contributed by atoms with Crippen molar-refractivity contribution in [3.63, 3.8) is 0 Å². The summed E-state index contributed by atoms with van der Waals surface area (Å²) in [6.45, 7) is 2.11. The average Bonchev–Trinajstić information content (AvgIpc) is 2.86. The van der Waals surface area contributed by atoms with Gasteiger partial charge in [-0.2, -0.15) is 0 Å². The molecular weight excluding hydrogens is 285 g/mol. The van der Waals surface area contributed by atoms with Crippen LogP contribution in [0.1, 0.15) is 5.82 Å². The van der Waals surface area contributed by atoms with Crippen molar-refractivity contribution in [1.29, 1.82) is 0 Å². The summed E-state index contributed by atoms with van der Waals surface area (Å²) in [7, 11) is 1.67. The molecule has 2 aromatic rings. The number of imidazole rings is 1. The number of methoxy groups -OCH3 is 1. The van der Waals surface area contributed by atoms with Crippen LogP contribution in [0.25, 0.3) is 11.3 Å². The maximum atomic E-state index is 6.15. The fourth-order valence-electron chi connectivity index (χ4n) is 1.67. The molecule has 0 saturated carbocycles. The van der Waals surface area contributed by atoms with E-state index < -0.39 is 0 Å². The van der Waals surface area contributed by atoms with Gasteiger partial charge in [-0.05, 0) is 18.2 Å². The maximum absolute atomic E-state index is 6.15. The molecule has 0 saturated heterocycles. The minimum absolute atomic E-state index is 0.645. The van der Waals surface area contributed by atoms with Gasteiger partial charge in [-0.25, -0.2) is 4.98 Å². The Morgan fingerprint density at radius 2 is 2.21 bits per heavy atom. The van der Waals surface area contributed by atoms with E-state index in [1.807, 2.05) is 6.07 Å². The first-order chi connectivity index (χ1) is 9.20. The van der Waals surface area contributed by atoms with Crippen LogP contribution < -0.4 is 5.32 Å². The predicted octanol–water partition coefficient (Wildman–Crippen LogP) is 3.12. The van der Waals surface area contributed by atoms with Gasteiger partial charge in [0, 0.05) is 24.2 Å². The van der Waals surface area contributed by atoms with Crippen molar-refractivity contribution < 1.29 is 4.74 Å². The van der Waals surface area contributed by atoms with E-state index in [-0.39, 0.29) is 0 Å². The highest BCUT2D eigenvalue weighted by molar-refractivity contribution is 6.35. The Morgan fingerprint density at radius 1 is 1.37 bits per heavy atom. The number of aromatic nitrogens is 2. The summed E-state index contributed by atoms with van der Waals surface area (Å²) in [4.78, 5) is 7.52. The Balaban J connectivity index is 2.06. The monoisotopic (exact) mass is 299 g/mol. The predicted molar refractivity (Wildman–Crippen MR) is 77.6 cm³/mol. The van der Waals surface area contributed by atoms with Crippen LogP contribution >= 0.6 is 23.2 Å². The van der Waals surface area contributed by atoms with E-state index in [1.165, 1.54) is 0 Å². The average molecular weight is 300 g/mol. The molecule has 2 rings (SSSR count). The SMILES string of the molecule is COCCNCc1ncc(-c2cc(Cl)ccc2Cl)[nH]1. The fourth-order valence-corrected chi connectivity index (χ4v) is 2.07. The highest BCUT2D eigenvalue weighted by Crippen LogP contribution is 2.29. The van der Waals surface area contributed by atoms with Crippen molar-refractivity contribution in [2.75, 3.05) is 20.3 Å². The number of hydrogen-bond acceptors (Lipinski definition) is 3. The van der Waals surface area contributed by atoms with Gasteiger partial charge >= 0.3 is 0 Å². The second-order valence-electron chi connectivity index (χ2n) is 4.04. The van der Waals surface area contributed by atoms with Crippen LogP contribution in [0.3, 0.4) is 0 Å². The Morgan fingerprint density at radius 3 is 3.00 bits per heavy atom. The lowest BCUT2D eigenvalue weighted by Gasteiger charge is -2.03. The maximum Gasteiger partial charge on any atom is 0.120 e. The minimum atomic E-state index is 0.645. The highest BCUT2D eigenvalue weighted by atomic mass is 35.5. The first-order valence-corrected chi connectivity index (χ1v) is 6.65. The summed E-state index contributed by atoms with van der Waals surface area (Å²) in [5, 5.41) is 4.51. The topological polar surface area (TPSA) is 49.9 Å². The van der Waals surface area contributed by atoms with E-state index in [9.17, 15) is 0 Å². The van der Waals surface area contributed by atoms with Crippen LogP contribution in [-0.2, 0) is 11.3 Å². The summed E-state index contributed by atoms with van der Waals surface area (Å²) in [6, 6.07) is 5.35. The summed E-state index contributed by atoms with van der Waals surface area (Å²) >= 11 is 12.1. The molecule has 6 heteroatoms. The second-order valence-corrected chi connectivity index (χ2v) is 4.88. The summed E-state index contributed by atoms with van der Waals surface area (Å²) in [6.07, 6.45) is 1.75. The Bertz CT molecular complexity index is 542. The zero-order chi connectivity index (χ0) is 13.7. The van der Waals surface area contributed by atoms with Crippen molar-refractivity contribution in [3.8, 4) is 11.3 Å². The minimum Gasteiger partial charge on any atom is -0.383 e. The molecule has 2 N–H and O–H groups in total. The van der Waals surface area contributed by atoms with Gasteiger partial charge in [-0.1, -0.05) is 23.2 Å². The Labute approximate surface area is 122 Å². The van der Waals surface area contributed by atoms with Crippen LogP contribution in [0.4, 0.5) is 0 Å². The van der Waals surface area contributed by atoms with Crippen LogP contribution in [0, 0.1) is 0 Å². The molecule has 102 valence electrons. The van der Waals surface area contributed by atoms with E-state index in [4.69, 9.17) is 27.9 Å². The number of hydrogen-bond donors (Lipinski definition) is 2. The lowest BCUT2D eigenvalue weighted by Crippen LogP contribution is -2.19. The van der Waals surface area contributed by atoms with Crippen LogP contribution in [0.2, 0.25) is 10.0 Å². The van der Waals surface area contributed by atoms with Gasteiger partial charge < -0.3 is 15.0 Å². The first kappa shape index (κ1) is 14.3. The van der Waals surface area contributed by atoms with Crippen molar-refractivity contribution in [1.82, 2.24) is 15.3 Å². The van der Waals surface area contributed by atoms with E-state index in [0.717, 1.165) is 23.6 Å². The summed E-state index contributed by atoms with van der Waals surface area (Å²) in [5.74, 6) is 0.849. The molecule has 1 aromatic carbocycles. The Hall–Kier alpha value is -1.07. The number of rotatable bonds is 6. The molecule has 0 spiro atoms.